The van der Waals surface area contributed by atoms with Gasteiger partial charge in [-0.3, -0.25) is 0 Å². The van der Waals surface area contributed by atoms with Crippen molar-refractivity contribution in [3.8, 4) is 0 Å². The molecule has 0 aromatic carbocycles. The fourth-order valence-electron chi connectivity index (χ4n) is 2.31. The maximum absolute atomic E-state index is 13.6. The first-order valence-corrected chi connectivity index (χ1v) is 8.86. The van der Waals surface area contributed by atoms with Crippen LogP contribution < -0.4 is 5.73 Å². The first-order valence-electron chi connectivity index (χ1n) is 8.86. The van der Waals surface area contributed by atoms with Crippen LogP contribution in [0.5, 0.6) is 0 Å². The molecule has 2 N–H and O–H groups in total. The van der Waals surface area contributed by atoms with Gasteiger partial charge < -0.3 is 5.73 Å². The topological polar surface area (TPSA) is 26.0 Å². The van der Waals surface area contributed by atoms with E-state index in [1.807, 2.05) is 0 Å². The molecule has 0 amide bonds. The van der Waals surface area contributed by atoms with Gasteiger partial charge in [0, 0.05) is 0 Å². The van der Waals surface area contributed by atoms with E-state index < -0.39 is 83.8 Å². The highest BCUT2D eigenvalue weighted by molar-refractivity contribution is 5.20. The molecule has 0 saturated carbocycles. The lowest BCUT2D eigenvalue weighted by atomic mass is 9.84. The molecular weight excluding hydrogens is 695 g/mol. The largest absolute Gasteiger partial charge is 0.460 e. The van der Waals surface area contributed by atoms with Crippen molar-refractivity contribution >= 4 is 0 Å². The molecule has 0 fully saturated rings. The van der Waals surface area contributed by atoms with Crippen molar-refractivity contribution in [2.24, 2.45) is 5.73 Å². The summed E-state index contributed by atoms with van der Waals surface area (Å²) in [6.07, 6.45) is -8.23. The molecular formula is C14H4F27N. The predicted molar refractivity (Wildman–Crippen MR) is 74.5 cm³/mol. The van der Waals surface area contributed by atoms with Gasteiger partial charge in [-0.25, -0.2) is 0 Å². The number of hydrogen-bond donors (Lipinski definition) is 1. The van der Waals surface area contributed by atoms with Gasteiger partial charge in [-0.15, -0.1) is 0 Å². The van der Waals surface area contributed by atoms with E-state index in [0.29, 0.717) is 0 Å². The molecule has 0 aliphatic rings. The molecule has 0 saturated heterocycles. The summed E-state index contributed by atoms with van der Waals surface area (Å²) in [7, 11) is 0. The molecule has 0 aliphatic heterocycles. The number of hydrogen-bond acceptors (Lipinski definition) is 1. The zero-order valence-corrected chi connectivity index (χ0v) is 18.0. The van der Waals surface area contributed by atoms with E-state index in [4.69, 9.17) is 0 Å². The van der Waals surface area contributed by atoms with E-state index in [1.165, 1.54) is 0 Å². The number of halogens is 27. The van der Waals surface area contributed by atoms with E-state index in [0.717, 1.165) is 0 Å². The van der Waals surface area contributed by atoms with E-state index in [1.54, 1.807) is 0 Å². The second kappa shape index (κ2) is 9.53. The minimum Gasteiger partial charge on any atom is -0.325 e. The van der Waals surface area contributed by atoms with E-state index in [9.17, 15) is 119 Å². The first kappa shape index (κ1) is 40.1. The van der Waals surface area contributed by atoms with Crippen LogP contribution in [0.1, 0.15) is 0 Å². The van der Waals surface area contributed by atoms with Crippen LogP contribution in [0.4, 0.5) is 119 Å². The molecule has 0 bridgehead atoms. The number of alkyl halides is 27. The van der Waals surface area contributed by atoms with Crippen molar-refractivity contribution in [3.63, 3.8) is 0 Å². The Morgan fingerprint density at radius 2 is 0.381 bits per heavy atom. The van der Waals surface area contributed by atoms with Crippen molar-refractivity contribution in [2.75, 3.05) is 6.54 Å². The second-order valence-corrected chi connectivity index (χ2v) is 7.72. The predicted octanol–water partition coefficient (Wildman–Crippen LogP) is 8.13. The lowest BCUT2D eigenvalue weighted by molar-refractivity contribution is -0.484. The van der Waals surface area contributed by atoms with Crippen LogP contribution in [0.3, 0.4) is 0 Å². The molecule has 0 unspecified atom stereocenters. The molecule has 0 atom stereocenters. The Morgan fingerprint density at radius 1 is 0.238 bits per heavy atom. The molecule has 28 heteroatoms. The van der Waals surface area contributed by atoms with E-state index in [2.05, 4.69) is 5.73 Å². The molecule has 42 heavy (non-hydrogen) atoms. The van der Waals surface area contributed by atoms with Crippen molar-refractivity contribution in [2.45, 2.75) is 77.2 Å². The quantitative estimate of drug-likeness (QED) is 0.205. The van der Waals surface area contributed by atoms with Crippen molar-refractivity contribution in [1.82, 2.24) is 0 Å². The van der Waals surface area contributed by atoms with E-state index in [-0.39, 0.29) is 0 Å². The standard InChI is InChI=1S/C14H4F27N/c15-2(16,1-42)3(17,18)4(19,20)5(21,22)6(23,24)7(25,26)8(27,28)9(29,30)10(31,32)11(33,34)12(35,36)13(37,38)14(39,40)41/h1,42H2. The maximum Gasteiger partial charge on any atom is 0.460 e. The molecule has 0 radical (unpaired) electrons. The molecule has 0 aromatic rings. The summed E-state index contributed by atoms with van der Waals surface area (Å²) in [6, 6.07) is 0. The van der Waals surface area contributed by atoms with Gasteiger partial charge in [0.05, 0.1) is 6.54 Å². The lowest BCUT2D eigenvalue weighted by Gasteiger charge is -2.46. The van der Waals surface area contributed by atoms with Gasteiger partial charge in [-0.2, -0.15) is 119 Å². The van der Waals surface area contributed by atoms with Crippen molar-refractivity contribution < 1.29 is 119 Å². The van der Waals surface area contributed by atoms with Crippen LogP contribution in [0.15, 0.2) is 0 Å². The highest BCUT2D eigenvalue weighted by Gasteiger charge is 3.00. The van der Waals surface area contributed by atoms with Gasteiger partial charge in [0.25, 0.3) is 0 Å². The molecule has 0 rings (SSSR count). The third-order valence-corrected chi connectivity index (χ3v) is 5.02. The van der Waals surface area contributed by atoms with Gasteiger partial charge >= 0.3 is 77.2 Å². The maximum atomic E-state index is 13.6. The van der Waals surface area contributed by atoms with Crippen molar-refractivity contribution in [3.05, 3.63) is 0 Å². The van der Waals surface area contributed by atoms with Crippen molar-refractivity contribution in [1.29, 1.82) is 0 Å². The SMILES string of the molecule is NCC(F)(F)C(F)(F)C(F)(F)C(F)(F)C(F)(F)C(F)(F)C(F)(F)C(F)(F)C(F)(F)C(F)(F)C(F)(F)C(F)(F)C(F)(F)F. The van der Waals surface area contributed by atoms with E-state index >= 15 is 0 Å². The Balaban J connectivity index is 7.43. The monoisotopic (exact) mass is 699 g/mol. The summed E-state index contributed by atoms with van der Waals surface area (Å²) in [4.78, 5) is 0. The van der Waals surface area contributed by atoms with Gasteiger partial charge in [0.1, 0.15) is 0 Å². The summed E-state index contributed by atoms with van der Waals surface area (Å²) in [5.74, 6) is -109. The van der Waals surface area contributed by atoms with Crippen LogP contribution >= 0.6 is 0 Å². The zero-order valence-electron chi connectivity index (χ0n) is 18.0. The normalized spacial score (nSPS) is 17.1. The average Bonchev–Trinajstić information content (AvgIpc) is 2.76. The van der Waals surface area contributed by atoms with Crippen LogP contribution in [-0.2, 0) is 0 Å². The molecule has 0 aliphatic carbocycles. The Hall–Kier alpha value is -1.93. The number of nitrogens with two attached hydrogens (primary N) is 1. The van der Waals surface area contributed by atoms with Gasteiger partial charge in [-0.05, 0) is 0 Å². The van der Waals surface area contributed by atoms with Crippen LogP contribution in [0.25, 0.3) is 0 Å². The van der Waals surface area contributed by atoms with Gasteiger partial charge in [0.2, 0.25) is 0 Å². The number of rotatable bonds is 12. The van der Waals surface area contributed by atoms with Gasteiger partial charge in [0.15, 0.2) is 0 Å². The highest BCUT2D eigenvalue weighted by atomic mass is 19.4. The molecule has 0 heterocycles. The molecule has 1 nitrogen and oxygen atoms in total. The summed E-state index contributed by atoms with van der Waals surface area (Å²) in [5.41, 5.74) is 3.73. The smallest absolute Gasteiger partial charge is 0.325 e. The first-order chi connectivity index (χ1) is 17.6. The minimum absolute atomic E-state index is 3.31. The third kappa shape index (κ3) is 4.40. The minimum atomic E-state index is -9.76. The van der Waals surface area contributed by atoms with Crippen LogP contribution in [0.2, 0.25) is 0 Å². The Morgan fingerprint density at radius 3 is 0.524 bits per heavy atom. The Kier molecular flexibility index (Phi) is 9.10. The lowest BCUT2D eigenvalue weighted by Crippen LogP contribution is -2.79. The highest BCUT2D eigenvalue weighted by Crippen LogP contribution is 2.68. The molecule has 254 valence electrons. The van der Waals surface area contributed by atoms with Crippen LogP contribution in [0, 0.1) is 0 Å². The summed E-state index contributed by atoms with van der Waals surface area (Å²) < 4.78 is 355. The summed E-state index contributed by atoms with van der Waals surface area (Å²) in [6.45, 7) is -3.31. The zero-order chi connectivity index (χ0) is 35.2. The summed E-state index contributed by atoms with van der Waals surface area (Å²) in [5, 5.41) is 0. The third-order valence-electron chi connectivity index (χ3n) is 5.02. The van der Waals surface area contributed by atoms with Gasteiger partial charge in [-0.1, -0.05) is 0 Å². The second-order valence-electron chi connectivity index (χ2n) is 7.72. The van der Waals surface area contributed by atoms with Crippen LogP contribution in [-0.4, -0.2) is 83.8 Å². The Labute approximate surface area is 209 Å². The Bertz CT molecular complexity index is 983. The molecule has 0 aromatic heterocycles. The summed E-state index contributed by atoms with van der Waals surface area (Å²) >= 11 is 0. The fraction of sp³-hybridized carbons (Fsp3) is 1.00. The molecule has 0 spiro atoms. The fourth-order valence-corrected chi connectivity index (χ4v) is 2.31. The average molecular weight is 699 g/mol.